The number of amides is 1. The number of fused-ring (bicyclic) bond motifs is 1. The summed E-state index contributed by atoms with van der Waals surface area (Å²) in [4.78, 5) is 29.1. The van der Waals surface area contributed by atoms with Crippen LogP contribution in [0.3, 0.4) is 0 Å². The van der Waals surface area contributed by atoms with Crippen molar-refractivity contribution < 1.29 is 23.1 Å². The number of anilines is 1. The molecule has 2 aromatic carbocycles. The lowest BCUT2D eigenvalue weighted by atomic mass is 10.1. The number of nitrogens with zero attached hydrogens (tertiary/aromatic N) is 3. The van der Waals surface area contributed by atoms with E-state index in [1.165, 1.54) is 28.6 Å². The van der Waals surface area contributed by atoms with E-state index in [2.05, 4.69) is 15.2 Å². The molecule has 4 rings (SSSR count). The van der Waals surface area contributed by atoms with Crippen molar-refractivity contribution in [1.82, 2.24) is 14.6 Å². The van der Waals surface area contributed by atoms with E-state index in [1.54, 1.807) is 18.3 Å². The normalized spacial score (nSPS) is 14.9. The Morgan fingerprint density at radius 3 is 2.39 bits per heavy atom. The Labute approximate surface area is 195 Å². The van der Waals surface area contributed by atoms with E-state index in [1.807, 2.05) is 12.1 Å². The zero-order valence-electron chi connectivity index (χ0n) is 17.4. The SMILES string of the molecule is O=C(O)CNC(=O)c1ccc(S(=O)(=O)N2CCN(c3ccnc4cc(Cl)ccc34)CC2)cc1. The molecule has 3 aromatic rings. The van der Waals surface area contributed by atoms with Gasteiger partial charge in [0.2, 0.25) is 10.0 Å². The Balaban J connectivity index is 1.45. The van der Waals surface area contributed by atoms with E-state index in [0.29, 0.717) is 31.2 Å². The molecule has 0 aliphatic carbocycles. The third kappa shape index (κ3) is 4.92. The van der Waals surface area contributed by atoms with E-state index < -0.39 is 28.4 Å². The number of hydrogen-bond acceptors (Lipinski definition) is 6. The molecule has 0 unspecified atom stereocenters. The molecular formula is C22H21ClN4O5S. The van der Waals surface area contributed by atoms with Crippen LogP contribution in [0.15, 0.2) is 59.6 Å². The predicted molar refractivity (Wildman–Crippen MR) is 124 cm³/mol. The van der Waals surface area contributed by atoms with Crippen molar-refractivity contribution >= 4 is 50.1 Å². The molecule has 2 N–H and O–H groups in total. The first-order valence-electron chi connectivity index (χ1n) is 10.1. The van der Waals surface area contributed by atoms with Gasteiger partial charge in [-0.05, 0) is 48.5 Å². The zero-order valence-corrected chi connectivity index (χ0v) is 19.0. The highest BCUT2D eigenvalue weighted by Gasteiger charge is 2.29. The number of hydrogen-bond donors (Lipinski definition) is 2. The van der Waals surface area contributed by atoms with Gasteiger partial charge in [0, 0.05) is 54.0 Å². The minimum Gasteiger partial charge on any atom is -0.480 e. The quantitative estimate of drug-likeness (QED) is 0.545. The lowest BCUT2D eigenvalue weighted by Crippen LogP contribution is -2.48. The van der Waals surface area contributed by atoms with Gasteiger partial charge in [0.15, 0.2) is 0 Å². The second-order valence-corrected chi connectivity index (χ2v) is 9.86. The topological polar surface area (TPSA) is 120 Å². The molecule has 1 amide bonds. The van der Waals surface area contributed by atoms with Gasteiger partial charge >= 0.3 is 5.97 Å². The van der Waals surface area contributed by atoms with Gasteiger partial charge in [-0.25, -0.2) is 8.42 Å². The minimum atomic E-state index is -3.73. The molecule has 1 aliphatic heterocycles. The Morgan fingerprint density at radius 2 is 1.73 bits per heavy atom. The Bertz CT molecular complexity index is 1310. The van der Waals surface area contributed by atoms with Gasteiger partial charge in [-0.3, -0.25) is 14.6 Å². The number of halogens is 1. The highest BCUT2D eigenvalue weighted by Crippen LogP contribution is 2.29. The van der Waals surface area contributed by atoms with Gasteiger partial charge in [0.05, 0.1) is 10.4 Å². The van der Waals surface area contributed by atoms with Crippen molar-refractivity contribution in [3.63, 3.8) is 0 Å². The van der Waals surface area contributed by atoms with Gasteiger partial charge in [0.1, 0.15) is 6.54 Å². The molecule has 9 nitrogen and oxygen atoms in total. The minimum absolute atomic E-state index is 0.0785. The molecule has 2 heterocycles. The third-order valence-corrected chi connectivity index (χ3v) is 7.56. The zero-order chi connectivity index (χ0) is 23.6. The van der Waals surface area contributed by atoms with Gasteiger partial charge < -0.3 is 15.3 Å². The molecule has 0 saturated carbocycles. The summed E-state index contributed by atoms with van der Waals surface area (Å²) < 4.78 is 27.6. The maximum Gasteiger partial charge on any atom is 0.322 e. The molecule has 0 spiro atoms. The number of carboxylic acids is 1. The van der Waals surface area contributed by atoms with Crippen LogP contribution in [0, 0.1) is 0 Å². The Morgan fingerprint density at radius 1 is 1.03 bits per heavy atom. The van der Waals surface area contributed by atoms with Crippen LogP contribution in [-0.2, 0) is 14.8 Å². The first kappa shape index (κ1) is 23.0. The second kappa shape index (κ2) is 9.34. The fourth-order valence-electron chi connectivity index (χ4n) is 3.74. The lowest BCUT2D eigenvalue weighted by Gasteiger charge is -2.35. The highest BCUT2D eigenvalue weighted by molar-refractivity contribution is 7.89. The summed E-state index contributed by atoms with van der Waals surface area (Å²) >= 11 is 6.07. The van der Waals surface area contributed by atoms with E-state index in [9.17, 15) is 18.0 Å². The second-order valence-electron chi connectivity index (χ2n) is 7.48. The number of rotatable bonds is 6. The number of pyridine rings is 1. The van der Waals surface area contributed by atoms with Crippen molar-refractivity contribution in [3.05, 3.63) is 65.3 Å². The van der Waals surface area contributed by atoms with Crippen LogP contribution in [0.2, 0.25) is 5.02 Å². The lowest BCUT2D eigenvalue weighted by molar-refractivity contribution is -0.135. The van der Waals surface area contributed by atoms with Crippen molar-refractivity contribution in [2.24, 2.45) is 0 Å². The van der Waals surface area contributed by atoms with Gasteiger partial charge in [-0.2, -0.15) is 4.31 Å². The number of carbonyl (C=O) groups is 2. The molecule has 0 atom stereocenters. The van der Waals surface area contributed by atoms with Crippen LogP contribution < -0.4 is 10.2 Å². The highest BCUT2D eigenvalue weighted by atomic mass is 35.5. The molecule has 1 saturated heterocycles. The van der Waals surface area contributed by atoms with E-state index >= 15 is 0 Å². The molecule has 0 bridgehead atoms. The van der Waals surface area contributed by atoms with E-state index in [0.717, 1.165) is 16.6 Å². The first-order valence-corrected chi connectivity index (χ1v) is 12.0. The molecule has 172 valence electrons. The van der Waals surface area contributed by atoms with Crippen LogP contribution in [0.25, 0.3) is 10.9 Å². The number of aliphatic carboxylic acids is 1. The summed E-state index contributed by atoms with van der Waals surface area (Å²) in [6.07, 6.45) is 1.71. The van der Waals surface area contributed by atoms with E-state index in [-0.39, 0.29) is 10.5 Å². The smallest absolute Gasteiger partial charge is 0.322 e. The Hall–Kier alpha value is -3.21. The summed E-state index contributed by atoms with van der Waals surface area (Å²) in [6, 6.07) is 12.9. The fraction of sp³-hybridized carbons (Fsp3) is 0.227. The van der Waals surface area contributed by atoms with Gasteiger partial charge in [-0.15, -0.1) is 0 Å². The van der Waals surface area contributed by atoms with Crippen LogP contribution in [-0.4, -0.2) is 67.4 Å². The third-order valence-electron chi connectivity index (χ3n) is 5.42. The maximum absolute atomic E-state index is 13.1. The standard InChI is InChI=1S/C22H21ClN4O5S/c23-16-3-6-18-19(13-16)24-8-7-20(18)26-9-11-27(12-10-26)33(31,32)17-4-1-15(2-5-17)22(30)25-14-21(28)29/h1-8,13H,9-12,14H2,(H,25,30)(H,28,29). The summed E-state index contributed by atoms with van der Waals surface area (Å²) in [5, 5.41) is 12.4. The molecule has 33 heavy (non-hydrogen) atoms. The number of nitrogens with one attached hydrogen (secondary N) is 1. The van der Waals surface area contributed by atoms with Gasteiger partial charge in [-0.1, -0.05) is 11.6 Å². The van der Waals surface area contributed by atoms with Crippen LogP contribution in [0.1, 0.15) is 10.4 Å². The Kier molecular flexibility index (Phi) is 6.50. The molecule has 1 aliphatic rings. The number of sulfonamides is 1. The number of aromatic nitrogens is 1. The molecule has 1 fully saturated rings. The van der Waals surface area contributed by atoms with Crippen LogP contribution >= 0.6 is 11.6 Å². The number of benzene rings is 2. The van der Waals surface area contributed by atoms with Crippen LogP contribution in [0.5, 0.6) is 0 Å². The molecule has 11 heteroatoms. The van der Waals surface area contributed by atoms with Crippen molar-refractivity contribution in [2.45, 2.75) is 4.90 Å². The average Bonchev–Trinajstić information content (AvgIpc) is 2.82. The average molecular weight is 489 g/mol. The largest absolute Gasteiger partial charge is 0.480 e. The van der Waals surface area contributed by atoms with Crippen molar-refractivity contribution in [3.8, 4) is 0 Å². The predicted octanol–water partition coefficient (Wildman–Crippen LogP) is 2.21. The maximum atomic E-state index is 13.1. The summed E-state index contributed by atoms with van der Waals surface area (Å²) in [7, 11) is -3.73. The summed E-state index contributed by atoms with van der Waals surface area (Å²) in [6.45, 7) is 1.12. The summed E-state index contributed by atoms with van der Waals surface area (Å²) in [5.41, 5.74) is 1.94. The number of piperazine rings is 1. The fourth-order valence-corrected chi connectivity index (χ4v) is 5.33. The van der Waals surface area contributed by atoms with Crippen molar-refractivity contribution in [1.29, 1.82) is 0 Å². The molecular weight excluding hydrogens is 468 g/mol. The number of carbonyl (C=O) groups excluding carboxylic acids is 1. The first-order chi connectivity index (χ1) is 15.8. The van der Waals surface area contributed by atoms with E-state index in [4.69, 9.17) is 16.7 Å². The van der Waals surface area contributed by atoms with Crippen molar-refractivity contribution in [2.75, 3.05) is 37.6 Å². The van der Waals surface area contributed by atoms with Gasteiger partial charge in [0.25, 0.3) is 5.91 Å². The summed E-state index contributed by atoms with van der Waals surface area (Å²) in [5.74, 6) is -1.74. The molecule has 1 aromatic heterocycles. The number of carboxylic acid groups (broad SMARTS) is 1. The molecule has 0 radical (unpaired) electrons. The monoisotopic (exact) mass is 488 g/mol. The van der Waals surface area contributed by atoms with Crippen LogP contribution in [0.4, 0.5) is 5.69 Å².